The molecule has 0 aromatic rings. The van der Waals surface area contributed by atoms with Crippen LogP contribution in [0.25, 0.3) is 0 Å². The van der Waals surface area contributed by atoms with Gasteiger partial charge in [-0.1, -0.05) is 41.5 Å². The number of carbonyl (C=O) groups is 4. The van der Waals surface area contributed by atoms with Gasteiger partial charge in [0.25, 0.3) is 0 Å². The van der Waals surface area contributed by atoms with E-state index in [-0.39, 0.29) is 48.5 Å². The summed E-state index contributed by atoms with van der Waals surface area (Å²) < 4.78 is 11.0. The van der Waals surface area contributed by atoms with Crippen molar-refractivity contribution >= 4 is 30.2 Å². The van der Waals surface area contributed by atoms with Gasteiger partial charge < -0.3 is 30.3 Å². The number of carboxylic acid groups (broad SMARTS) is 2. The van der Waals surface area contributed by atoms with Gasteiger partial charge in [-0.2, -0.15) is 4.99 Å². The highest BCUT2D eigenvalue weighted by atomic mass is 16.6. The van der Waals surface area contributed by atoms with Gasteiger partial charge in [0.2, 0.25) is 6.41 Å². The number of nitrogens with zero attached hydrogens (tertiary/aromatic N) is 2. The van der Waals surface area contributed by atoms with E-state index in [1.807, 2.05) is 11.9 Å². The molecule has 11 heteroatoms. The van der Waals surface area contributed by atoms with Crippen molar-refractivity contribution in [2.45, 2.75) is 66.7 Å². The van der Waals surface area contributed by atoms with Crippen molar-refractivity contribution in [3.63, 3.8) is 0 Å². The SMILES string of the molecule is CC(C)C(=O)O.CC(C)C(=O)O.CC(C)C(=O)OCC1CCC(N(C)/C=C\C(N)=NC=O)O1. The molecule has 190 valence electrons. The maximum absolute atomic E-state index is 11.4. The molecule has 0 aromatic carbocycles. The lowest BCUT2D eigenvalue weighted by molar-refractivity contribution is -0.152. The predicted molar refractivity (Wildman–Crippen MR) is 123 cm³/mol. The minimum atomic E-state index is -0.741. The lowest BCUT2D eigenvalue weighted by atomic mass is 10.2. The van der Waals surface area contributed by atoms with Crippen molar-refractivity contribution in [3.05, 3.63) is 12.3 Å². The predicted octanol–water partition coefficient (Wildman–Crippen LogP) is 2.10. The van der Waals surface area contributed by atoms with Crippen molar-refractivity contribution in [2.24, 2.45) is 28.5 Å². The summed E-state index contributed by atoms with van der Waals surface area (Å²) in [5.74, 6) is -2.15. The number of aliphatic imine (C=N–C) groups is 1. The van der Waals surface area contributed by atoms with Crippen molar-refractivity contribution in [1.29, 1.82) is 0 Å². The van der Waals surface area contributed by atoms with Crippen molar-refractivity contribution in [3.8, 4) is 0 Å². The largest absolute Gasteiger partial charge is 0.481 e. The van der Waals surface area contributed by atoms with Crippen LogP contribution in [-0.2, 0) is 28.7 Å². The van der Waals surface area contributed by atoms with E-state index < -0.39 is 11.9 Å². The molecule has 2 atom stereocenters. The summed E-state index contributed by atoms with van der Waals surface area (Å²) in [5, 5.41) is 16.0. The van der Waals surface area contributed by atoms with E-state index in [1.165, 1.54) is 6.08 Å². The van der Waals surface area contributed by atoms with Gasteiger partial charge in [-0.15, -0.1) is 0 Å². The van der Waals surface area contributed by atoms with Gasteiger partial charge in [-0.3, -0.25) is 19.2 Å². The number of hydrogen-bond donors (Lipinski definition) is 3. The Morgan fingerprint density at radius 3 is 1.94 bits per heavy atom. The highest BCUT2D eigenvalue weighted by Crippen LogP contribution is 2.22. The van der Waals surface area contributed by atoms with Crippen LogP contribution < -0.4 is 5.73 Å². The molecule has 0 spiro atoms. The lowest BCUT2D eigenvalue weighted by Crippen LogP contribution is -2.29. The molecule has 1 fully saturated rings. The number of esters is 1. The first-order valence-corrected chi connectivity index (χ1v) is 10.7. The zero-order valence-corrected chi connectivity index (χ0v) is 20.6. The van der Waals surface area contributed by atoms with Crippen molar-refractivity contribution in [2.75, 3.05) is 13.7 Å². The Hall–Kier alpha value is -2.95. The Morgan fingerprint density at radius 1 is 1.06 bits per heavy atom. The average molecular weight is 474 g/mol. The first kappa shape index (κ1) is 32.2. The highest BCUT2D eigenvalue weighted by molar-refractivity contribution is 5.95. The molecular formula is C22H39N3O8. The monoisotopic (exact) mass is 473 g/mol. The summed E-state index contributed by atoms with van der Waals surface area (Å²) in [7, 11) is 1.85. The Balaban J connectivity index is 0. The van der Waals surface area contributed by atoms with E-state index in [2.05, 4.69) is 4.99 Å². The van der Waals surface area contributed by atoms with Crippen LogP contribution in [0.5, 0.6) is 0 Å². The van der Waals surface area contributed by atoms with Gasteiger partial charge in [-0.05, 0) is 18.9 Å². The number of carbonyl (C=O) groups excluding carboxylic acids is 2. The Kier molecular flexibility index (Phi) is 17.2. The Morgan fingerprint density at radius 2 is 1.55 bits per heavy atom. The number of amidine groups is 1. The highest BCUT2D eigenvalue weighted by Gasteiger charge is 2.28. The number of rotatable bonds is 9. The quantitative estimate of drug-likeness (QED) is 0.195. The molecule has 1 amide bonds. The third-order valence-corrected chi connectivity index (χ3v) is 4.09. The molecule has 0 radical (unpaired) electrons. The molecule has 1 aliphatic heterocycles. The summed E-state index contributed by atoms with van der Waals surface area (Å²) in [4.78, 5) is 46.2. The molecule has 0 aromatic heterocycles. The topological polar surface area (TPSA) is 169 Å². The molecule has 0 saturated carbocycles. The van der Waals surface area contributed by atoms with Crippen LogP contribution in [0.3, 0.4) is 0 Å². The fourth-order valence-electron chi connectivity index (χ4n) is 1.84. The molecule has 1 heterocycles. The third-order valence-electron chi connectivity index (χ3n) is 4.09. The molecule has 33 heavy (non-hydrogen) atoms. The molecule has 1 saturated heterocycles. The second-order valence-electron chi connectivity index (χ2n) is 8.20. The first-order chi connectivity index (χ1) is 15.2. The number of carboxylic acids is 2. The third kappa shape index (κ3) is 17.3. The van der Waals surface area contributed by atoms with Crippen LogP contribution >= 0.6 is 0 Å². The maximum Gasteiger partial charge on any atom is 0.308 e. The fourth-order valence-corrected chi connectivity index (χ4v) is 1.84. The van der Waals surface area contributed by atoms with Crippen molar-refractivity contribution < 1.29 is 38.9 Å². The normalized spacial score (nSPS) is 17.8. The van der Waals surface area contributed by atoms with Crippen LogP contribution in [0.2, 0.25) is 0 Å². The van der Waals surface area contributed by atoms with E-state index in [4.69, 9.17) is 25.4 Å². The fraction of sp³-hybridized carbons (Fsp3) is 0.682. The molecule has 0 aliphatic carbocycles. The Bertz CT molecular complexity index is 657. The zero-order chi connectivity index (χ0) is 26.1. The van der Waals surface area contributed by atoms with Gasteiger partial charge in [0.15, 0.2) is 0 Å². The molecule has 1 rings (SSSR count). The van der Waals surface area contributed by atoms with Gasteiger partial charge in [0, 0.05) is 13.2 Å². The maximum atomic E-state index is 11.4. The van der Waals surface area contributed by atoms with Gasteiger partial charge in [0.1, 0.15) is 18.7 Å². The van der Waals surface area contributed by atoms with Crippen LogP contribution in [0.4, 0.5) is 0 Å². The minimum absolute atomic E-state index is 0.0884. The summed E-state index contributed by atoms with van der Waals surface area (Å²) in [6, 6.07) is 0. The standard InChI is InChI=1S/C14H23N3O4.2C4H8O2/c1-10(2)14(19)20-8-11-4-5-13(21-11)17(3)7-6-12(15)16-9-18;2*1-3(2)4(5)6/h6-7,9-11,13H,4-5,8H2,1-3H3,(H2,15,16,18);2*3H,1-2H3,(H,5,6)/b7-6-;;. The lowest BCUT2D eigenvalue weighted by Gasteiger charge is -2.23. The molecule has 1 aliphatic rings. The van der Waals surface area contributed by atoms with Gasteiger partial charge in [0.05, 0.1) is 23.9 Å². The minimum Gasteiger partial charge on any atom is -0.481 e. The number of amides is 1. The first-order valence-electron chi connectivity index (χ1n) is 10.7. The van der Waals surface area contributed by atoms with E-state index in [1.54, 1.807) is 47.7 Å². The van der Waals surface area contributed by atoms with Crippen LogP contribution in [0.15, 0.2) is 17.3 Å². The zero-order valence-electron chi connectivity index (χ0n) is 20.6. The number of hydrogen-bond acceptors (Lipinski definition) is 7. The van der Waals surface area contributed by atoms with E-state index >= 15 is 0 Å². The Labute approximate surface area is 195 Å². The summed E-state index contributed by atoms with van der Waals surface area (Å²) >= 11 is 0. The summed E-state index contributed by atoms with van der Waals surface area (Å²) in [6.07, 6.45) is 5.09. The second kappa shape index (κ2) is 17.6. The average Bonchev–Trinajstić information content (AvgIpc) is 3.20. The summed E-state index contributed by atoms with van der Waals surface area (Å²) in [5.41, 5.74) is 5.47. The van der Waals surface area contributed by atoms with Crippen LogP contribution in [0, 0.1) is 17.8 Å². The van der Waals surface area contributed by atoms with E-state index in [0.29, 0.717) is 6.41 Å². The molecule has 11 nitrogen and oxygen atoms in total. The number of nitrogens with two attached hydrogens (primary N) is 1. The van der Waals surface area contributed by atoms with Gasteiger partial charge >= 0.3 is 17.9 Å². The van der Waals surface area contributed by atoms with Crippen LogP contribution in [-0.4, -0.2) is 71.3 Å². The summed E-state index contributed by atoms with van der Waals surface area (Å²) in [6.45, 7) is 10.4. The number of aliphatic carboxylic acids is 2. The van der Waals surface area contributed by atoms with Crippen LogP contribution in [0.1, 0.15) is 54.4 Å². The van der Waals surface area contributed by atoms with Gasteiger partial charge in [-0.25, -0.2) is 0 Å². The van der Waals surface area contributed by atoms with E-state index in [0.717, 1.165) is 12.8 Å². The molecule has 2 unspecified atom stereocenters. The number of ether oxygens (including phenoxy) is 2. The van der Waals surface area contributed by atoms with E-state index in [9.17, 15) is 19.2 Å². The smallest absolute Gasteiger partial charge is 0.308 e. The molecule has 4 N–H and O–H groups in total. The van der Waals surface area contributed by atoms with Crippen molar-refractivity contribution in [1.82, 2.24) is 4.90 Å². The molecular weight excluding hydrogens is 434 g/mol. The molecule has 0 bridgehead atoms. The second-order valence-corrected chi connectivity index (χ2v) is 8.20.